The van der Waals surface area contributed by atoms with E-state index in [0.717, 1.165) is 11.8 Å². The predicted molar refractivity (Wildman–Crippen MR) is 65.5 cm³/mol. The molecule has 86 valence electrons. The van der Waals surface area contributed by atoms with Crippen LogP contribution < -0.4 is 5.32 Å². The molecule has 0 aromatic rings. The van der Waals surface area contributed by atoms with Crippen LogP contribution >= 0.6 is 0 Å². The van der Waals surface area contributed by atoms with Crippen LogP contribution in [0.2, 0.25) is 0 Å². The average Bonchev–Trinajstić information content (AvgIpc) is 2.11. The molecule has 0 bridgehead atoms. The summed E-state index contributed by atoms with van der Waals surface area (Å²) in [6, 6.07) is 0.643. The third kappa shape index (κ3) is 4.45. The van der Waals surface area contributed by atoms with Crippen molar-refractivity contribution in [1.29, 1.82) is 0 Å². The Hall–Kier alpha value is -0.0400. The first-order valence-corrected chi connectivity index (χ1v) is 6.00. The van der Waals surface area contributed by atoms with E-state index in [9.17, 15) is 0 Å². The second-order valence-corrected chi connectivity index (χ2v) is 5.75. The molecule has 1 heteroatoms. The van der Waals surface area contributed by atoms with Crippen LogP contribution in [-0.4, -0.2) is 13.1 Å². The van der Waals surface area contributed by atoms with Gasteiger partial charge in [-0.25, -0.2) is 0 Å². The zero-order valence-electron chi connectivity index (χ0n) is 11.1. The van der Waals surface area contributed by atoms with Crippen molar-refractivity contribution in [2.24, 2.45) is 17.3 Å². The van der Waals surface area contributed by atoms with Crippen molar-refractivity contribution in [2.45, 2.75) is 60.4 Å². The summed E-state index contributed by atoms with van der Waals surface area (Å²) in [6.45, 7) is 14.0. The monoisotopic (exact) mass is 199 g/mol. The summed E-state index contributed by atoms with van der Waals surface area (Å²) in [4.78, 5) is 0. The maximum Gasteiger partial charge on any atom is 0.00384 e. The molecular weight excluding hydrogens is 170 g/mol. The predicted octanol–water partition coefficient (Wildman–Crippen LogP) is 3.69. The Labute approximate surface area is 90.7 Å². The highest BCUT2D eigenvalue weighted by molar-refractivity contribution is 4.78. The third-order valence-corrected chi connectivity index (χ3v) is 3.75. The molecule has 0 amide bonds. The van der Waals surface area contributed by atoms with Crippen LogP contribution in [0.25, 0.3) is 0 Å². The largest absolute Gasteiger partial charge is 0.317 e. The molecule has 0 aromatic carbocycles. The molecule has 0 aliphatic rings. The second kappa shape index (κ2) is 5.75. The van der Waals surface area contributed by atoms with Crippen molar-refractivity contribution in [1.82, 2.24) is 5.32 Å². The van der Waals surface area contributed by atoms with Gasteiger partial charge in [0.05, 0.1) is 0 Å². The highest BCUT2D eigenvalue weighted by atomic mass is 14.8. The van der Waals surface area contributed by atoms with Gasteiger partial charge in [-0.3, -0.25) is 0 Å². The van der Waals surface area contributed by atoms with Crippen molar-refractivity contribution in [3.05, 3.63) is 0 Å². The van der Waals surface area contributed by atoms with E-state index in [1.54, 1.807) is 0 Å². The summed E-state index contributed by atoms with van der Waals surface area (Å²) in [5.41, 5.74) is 0.439. The molecule has 0 spiro atoms. The van der Waals surface area contributed by atoms with Crippen molar-refractivity contribution in [3.8, 4) is 0 Å². The molecule has 0 fully saturated rings. The van der Waals surface area contributed by atoms with Crippen LogP contribution in [0.5, 0.6) is 0 Å². The maximum atomic E-state index is 3.34. The van der Waals surface area contributed by atoms with Crippen molar-refractivity contribution >= 4 is 0 Å². The lowest BCUT2D eigenvalue weighted by Crippen LogP contribution is -2.31. The molecular formula is C13H29N. The average molecular weight is 199 g/mol. The van der Waals surface area contributed by atoms with Crippen LogP contribution in [0, 0.1) is 17.3 Å². The highest BCUT2D eigenvalue weighted by Crippen LogP contribution is 2.35. The molecule has 0 aliphatic carbocycles. The van der Waals surface area contributed by atoms with Crippen molar-refractivity contribution in [2.75, 3.05) is 7.05 Å². The van der Waals surface area contributed by atoms with Gasteiger partial charge in [0.15, 0.2) is 0 Å². The van der Waals surface area contributed by atoms with E-state index in [-0.39, 0.29) is 0 Å². The highest BCUT2D eigenvalue weighted by Gasteiger charge is 2.27. The quantitative estimate of drug-likeness (QED) is 0.712. The lowest BCUT2D eigenvalue weighted by Gasteiger charge is -2.35. The fourth-order valence-corrected chi connectivity index (χ4v) is 2.00. The minimum atomic E-state index is 0.439. The summed E-state index contributed by atoms with van der Waals surface area (Å²) in [5.74, 6) is 1.64. The number of hydrogen-bond acceptors (Lipinski definition) is 1. The standard InChI is InChI=1S/C13H29N/c1-8-12(9-10(2)14-7)11(3)13(4,5)6/h10-12,14H,8-9H2,1-7H3. The Morgan fingerprint density at radius 1 is 1.14 bits per heavy atom. The molecule has 3 atom stereocenters. The number of hydrogen-bond donors (Lipinski definition) is 1. The Kier molecular flexibility index (Phi) is 5.73. The van der Waals surface area contributed by atoms with Gasteiger partial charge in [0, 0.05) is 6.04 Å². The van der Waals surface area contributed by atoms with Crippen molar-refractivity contribution in [3.63, 3.8) is 0 Å². The Balaban J connectivity index is 4.26. The molecule has 1 nitrogen and oxygen atoms in total. The number of nitrogens with one attached hydrogen (secondary N) is 1. The lowest BCUT2D eigenvalue weighted by atomic mass is 9.71. The van der Waals surface area contributed by atoms with Crippen molar-refractivity contribution < 1.29 is 0 Å². The summed E-state index contributed by atoms with van der Waals surface area (Å²) < 4.78 is 0. The Morgan fingerprint density at radius 2 is 1.64 bits per heavy atom. The number of rotatable bonds is 5. The molecule has 0 aromatic heterocycles. The SMILES string of the molecule is CCC(CC(C)NC)C(C)C(C)(C)C. The van der Waals surface area contributed by atoms with E-state index in [1.807, 2.05) is 0 Å². The van der Waals surface area contributed by atoms with E-state index in [0.29, 0.717) is 11.5 Å². The van der Waals surface area contributed by atoms with Crippen LogP contribution in [0.4, 0.5) is 0 Å². The fourth-order valence-electron chi connectivity index (χ4n) is 2.00. The smallest absolute Gasteiger partial charge is 0.00384 e. The van der Waals surface area contributed by atoms with Gasteiger partial charge in [0.1, 0.15) is 0 Å². The molecule has 0 saturated carbocycles. The van der Waals surface area contributed by atoms with E-state index >= 15 is 0 Å². The molecule has 0 rings (SSSR count). The summed E-state index contributed by atoms with van der Waals surface area (Å²) in [7, 11) is 2.05. The van der Waals surface area contributed by atoms with E-state index < -0.39 is 0 Å². The third-order valence-electron chi connectivity index (χ3n) is 3.75. The van der Waals surface area contributed by atoms with Crippen LogP contribution in [0.1, 0.15) is 54.4 Å². The topological polar surface area (TPSA) is 12.0 Å². The van der Waals surface area contributed by atoms with E-state index in [2.05, 4.69) is 53.9 Å². The molecule has 1 N–H and O–H groups in total. The first-order chi connectivity index (χ1) is 6.32. The van der Waals surface area contributed by atoms with Crippen LogP contribution in [0.3, 0.4) is 0 Å². The Bertz CT molecular complexity index is 146. The zero-order valence-corrected chi connectivity index (χ0v) is 11.1. The Morgan fingerprint density at radius 3 is 1.93 bits per heavy atom. The fraction of sp³-hybridized carbons (Fsp3) is 1.00. The summed E-state index contributed by atoms with van der Waals surface area (Å²) >= 11 is 0. The molecule has 0 saturated heterocycles. The van der Waals surface area contributed by atoms with Gasteiger partial charge in [0.2, 0.25) is 0 Å². The van der Waals surface area contributed by atoms with Crippen LogP contribution in [0.15, 0.2) is 0 Å². The van der Waals surface area contributed by atoms with E-state index in [4.69, 9.17) is 0 Å². The van der Waals surface area contributed by atoms with Gasteiger partial charge in [0.25, 0.3) is 0 Å². The van der Waals surface area contributed by atoms with Gasteiger partial charge in [-0.1, -0.05) is 41.0 Å². The van der Waals surface area contributed by atoms with Crippen LogP contribution in [-0.2, 0) is 0 Å². The van der Waals surface area contributed by atoms with Gasteiger partial charge < -0.3 is 5.32 Å². The molecule has 0 radical (unpaired) electrons. The summed E-state index contributed by atoms with van der Waals surface area (Å²) in [5, 5.41) is 3.34. The first-order valence-electron chi connectivity index (χ1n) is 6.00. The molecule has 3 unspecified atom stereocenters. The van der Waals surface area contributed by atoms with Gasteiger partial charge >= 0.3 is 0 Å². The maximum absolute atomic E-state index is 3.34. The zero-order chi connectivity index (χ0) is 11.4. The van der Waals surface area contributed by atoms with Gasteiger partial charge in [-0.05, 0) is 37.6 Å². The minimum absolute atomic E-state index is 0.439. The van der Waals surface area contributed by atoms with E-state index in [1.165, 1.54) is 12.8 Å². The van der Waals surface area contributed by atoms with Gasteiger partial charge in [-0.2, -0.15) is 0 Å². The molecule has 0 aliphatic heterocycles. The van der Waals surface area contributed by atoms with Gasteiger partial charge in [-0.15, -0.1) is 0 Å². The normalized spacial score (nSPS) is 19.1. The second-order valence-electron chi connectivity index (χ2n) is 5.75. The lowest BCUT2D eigenvalue weighted by molar-refractivity contribution is 0.156. The first kappa shape index (κ1) is 14.0. The molecule has 0 heterocycles. The summed E-state index contributed by atoms with van der Waals surface area (Å²) in [6.07, 6.45) is 2.59. The molecule has 14 heavy (non-hydrogen) atoms. The minimum Gasteiger partial charge on any atom is -0.317 e.